The number of phenolic OH excluding ortho intramolecular Hbond substituents is 1. The molecule has 1 amide bonds. The topological polar surface area (TPSA) is 97.3 Å². The molecule has 0 atom stereocenters. The van der Waals surface area contributed by atoms with Gasteiger partial charge in [0.2, 0.25) is 0 Å². The molecular formula is C20H22N2O6. The molecule has 0 saturated carbocycles. The van der Waals surface area contributed by atoms with Crippen molar-refractivity contribution in [2.75, 3.05) is 50.2 Å². The van der Waals surface area contributed by atoms with Gasteiger partial charge in [-0.15, -0.1) is 0 Å². The molecule has 3 rings (SSSR count). The van der Waals surface area contributed by atoms with E-state index in [1.807, 2.05) is 12.1 Å². The Morgan fingerprint density at radius 1 is 1.14 bits per heavy atom. The first-order valence-electron chi connectivity index (χ1n) is 8.84. The lowest BCUT2D eigenvalue weighted by Gasteiger charge is -2.28. The minimum absolute atomic E-state index is 0.0676. The number of amides is 1. The Morgan fingerprint density at radius 3 is 2.54 bits per heavy atom. The first-order chi connectivity index (χ1) is 13.6. The number of ether oxygens (including phenoxy) is 3. The molecule has 0 bridgehead atoms. The van der Waals surface area contributed by atoms with E-state index < -0.39 is 18.5 Å². The molecule has 2 aromatic carbocycles. The van der Waals surface area contributed by atoms with Crippen LogP contribution in [0.2, 0.25) is 0 Å². The van der Waals surface area contributed by atoms with E-state index in [1.54, 1.807) is 18.2 Å². The first-order valence-corrected chi connectivity index (χ1v) is 8.84. The van der Waals surface area contributed by atoms with Gasteiger partial charge in [-0.05, 0) is 36.4 Å². The maximum atomic E-state index is 12.1. The van der Waals surface area contributed by atoms with Crippen LogP contribution in [0, 0.1) is 0 Å². The number of benzene rings is 2. The molecule has 0 radical (unpaired) electrons. The second kappa shape index (κ2) is 9.09. The Morgan fingerprint density at radius 2 is 1.86 bits per heavy atom. The highest BCUT2D eigenvalue weighted by Gasteiger charge is 2.17. The maximum absolute atomic E-state index is 12.1. The molecule has 0 unspecified atom stereocenters. The number of morpholine rings is 1. The molecule has 1 aliphatic heterocycles. The second-order valence-corrected chi connectivity index (χ2v) is 6.13. The number of carbonyl (C=O) groups excluding carboxylic acids is 2. The van der Waals surface area contributed by atoms with E-state index in [1.165, 1.54) is 19.2 Å². The van der Waals surface area contributed by atoms with Crippen molar-refractivity contribution in [3.05, 3.63) is 48.0 Å². The largest absolute Gasteiger partial charge is 0.504 e. The summed E-state index contributed by atoms with van der Waals surface area (Å²) < 4.78 is 15.3. The number of hydrogen-bond donors (Lipinski definition) is 2. The summed E-state index contributed by atoms with van der Waals surface area (Å²) in [6.07, 6.45) is 0. The summed E-state index contributed by atoms with van der Waals surface area (Å²) in [4.78, 5) is 26.3. The molecule has 2 N–H and O–H groups in total. The van der Waals surface area contributed by atoms with E-state index in [9.17, 15) is 14.7 Å². The number of hydrogen-bond acceptors (Lipinski definition) is 7. The van der Waals surface area contributed by atoms with Crippen LogP contribution in [0.3, 0.4) is 0 Å². The summed E-state index contributed by atoms with van der Waals surface area (Å²) in [5, 5.41) is 12.6. The van der Waals surface area contributed by atoms with Crippen LogP contribution in [0.5, 0.6) is 11.5 Å². The molecule has 0 aliphatic carbocycles. The number of nitrogens with zero attached hydrogens (tertiary/aromatic N) is 1. The predicted molar refractivity (Wildman–Crippen MR) is 103 cm³/mol. The van der Waals surface area contributed by atoms with E-state index in [0.29, 0.717) is 18.9 Å². The predicted octanol–water partition coefficient (Wildman–Crippen LogP) is 2.03. The molecule has 148 valence electrons. The third kappa shape index (κ3) is 4.72. The van der Waals surface area contributed by atoms with Crippen LogP contribution in [0.25, 0.3) is 0 Å². The van der Waals surface area contributed by atoms with Crippen molar-refractivity contribution < 1.29 is 28.9 Å². The zero-order valence-corrected chi connectivity index (χ0v) is 15.5. The van der Waals surface area contributed by atoms with E-state index in [2.05, 4.69) is 10.2 Å². The van der Waals surface area contributed by atoms with Crippen molar-refractivity contribution in [2.24, 2.45) is 0 Å². The Balaban J connectivity index is 1.52. The Bertz CT molecular complexity index is 831. The molecule has 8 heteroatoms. The lowest BCUT2D eigenvalue weighted by Crippen LogP contribution is -2.36. The number of anilines is 2. The van der Waals surface area contributed by atoms with Gasteiger partial charge in [-0.2, -0.15) is 0 Å². The van der Waals surface area contributed by atoms with Crippen LogP contribution in [-0.2, 0) is 14.3 Å². The standard InChI is InChI=1S/C20H22N2O6/c1-26-17-4-2-3-16(19(17)24)20(25)28-13-18(23)21-14-5-7-15(8-6-14)22-9-11-27-12-10-22/h2-8,24H,9-13H2,1H3,(H,21,23). The van der Waals surface area contributed by atoms with Gasteiger partial charge in [-0.3, -0.25) is 4.79 Å². The molecule has 28 heavy (non-hydrogen) atoms. The number of aromatic hydroxyl groups is 1. The minimum Gasteiger partial charge on any atom is -0.504 e. The molecule has 0 spiro atoms. The van der Waals surface area contributed by atoms with Crippen LogP contribution < -0.4 is 15.0 Å². The van der Waals surface area contributed by atoms with E-state index in [4.69, 9.17) is 14.2 Å². The summed E-state index contributed by atoms with van der Waals surface area (Å²) in [6, 6.07) is 11.9. The Hall–Kier alpha value is -3.26. The number of para-hydroxylation sites is 1. The van der Waals surface area contributed by atoms with E-state index in [0.717, 1.165) is 18.8 Å². The lowest BCUT2D eigenvalue weighted by molar-refractivity contribution is -0.119. The van der Waals surface area contributed by atoms with Crippen molar-refractivity contribution in [2.45, 2.75) is 0 Å². The number of carbonyl (C=O) groups is 2. The van der Waals surface area contributed by atoms with Crippen LogP contribution in [0.15, 0.2) is 42.5 Å². The second-order valence-electron chi connectivity index (χ2n) is 6.13. The van der Waals surface area contributed by atoms with Crippen molar-refractivity contribution in [1.29, 1.82) is 0 Å². The lowest BCUT2D eigenvalue weighted by atomic mass is 10.2. The van der Waals surface area contributed by atoms with E-state index in [-0.39, 0.29) is 17.1 Å². The summed E-state index contributed by atoms with van der Waals surface area (Å²) in [6.45, 7) is 2.59. The highest BCUT2D eigenvalue weighted by Crippen LogP contribution is 2.29. The molecule has 1 heterocycles. The Kier molecular flexibility index (Phi) is 6.33. The van der Waals surface area contributed by atoms with Crippen molar-refractivity contribution in [3.63, 3.8) is 0 Å². The van der Waals surface area contributed by atoms with E-state index >= 15 is 0 Å². The molecule has 8 nitrogen and oxygen atoms in total. The van der Waals surface area contributed by atoms with Crippen molar-refractivity contribution >= 4 is 23.3 Å². The number of esters is 1. The van der Waals surface area contributed by atoms with Gasteiger partial charge in [-0.1, -0.05) is 6.07 Å². The summed E-state index contributed by atoms with van der Waals surface area (Å²) >= 11 is 0. The Labute approximate surface area is 162 Å². The summed E-state index contributed by atoms with van der Waals surface area (Å²) in [5.74, 6) is -1.46. The quantitative estimate of drug-likeness (QED) is 0.733. The first kappa shape index (κ1) is 19.5. The van der Waals surface area contributed by atoms with Gasteiger partial charge in [0.25, 0.3) is 5.91 Å². The van der Waals surface area contributed by atoms with Crippen LogP contribution in [0.4, 0.5) is 11.4 Å². The monoisotopic (exact) mass is 386 g/mol. The SMILES string of the molecule is COc1cccc(C(=O)OCC(=O)Nc2ccc(N3CCOCC3)cc2)c1O. The zero-order valence-electron chi connectivity index (χ0n) is 15.5. The highest BCUT2D eigenvalue weighted by atomic mass is 16.5. The van der Waals surface area contributed by atoms with Gasteiger partial charge < -0.3 is 29.5 Å². The normalized spacial score (nSPS) is 13.7. The number of nitrogens with one attached hydrogen (secondary N) is 1. The van der Waals surface area contributed by atoms with Gasteiger partial charge in [0.05, 0.1) is 20.3 Å². The fourth-order valence-corrected chi connectivity index (χ4v) is 2.83. The van der Waals surface area contributed by atoms with Crippen LogP contribution >= 0.6 is 0 Å². The average molecular weight is 386 g/mol. The molecule has 2 aromatic rings. The minimum atomic E-state index is -0.811. The number of phenols is 1. The van der Waals surface area contributed by atoms with Gasteiger partial charge in [0.15, 0.2) is 18.1 Å². The maximum Gasteiger partial charge on any atom is 0.342 e. The molecular weight excluding hydrogens is 364 g/mol. The number of rotatable bonds is 6. The van der Waals surface area contributed by atoms with Crippen molar-refractivity contribution in [3.8, 4) is 11.5 Å². The molecule has 1 aliphatic rings. The highest BCUT2D eigenvalue weighted by molar-refractivity contribution is 5.97. The molecule has 0 aromatic heterocycles. The van der Waals surface area contributed by atoms with Gasteiger partial charge in [0.1, 0.15) is 5.56 Å². The fraction of sp³-hybridized carbons (Fsp3) is 0.300. The smallest absolute Gasteiger partial charge is 0.342 e. The zero-order chi connectivity index (χ0) is 19.9. The van der Waals surface area contributed by atoms with Gasteiger partial charge in [-0.25, -0.2) is 4.79 Å². The third-order valence-corrected chi connectivity index (χ3v) is 4.30. The summed E-state index contributed by atoms with van der Waals surface area (Å²) in [5.41, 5.74) is 1.59. The van der Waals surface area contributed by atoms with Gasteiger partial charge in [0, 0.05) is 24.5 Å². The van der Waals surface area contributed by atoms with Crippen LogP contribution in [0.1, 0.15) is 10.4 Å². The van der Waals surface area contributed by atoms with Gasteiger partial charge >= 0.3 is 5.97 Å². The summed E-state index contributed by atoms with van der Waals surface area (Å²) in [7, 11) is 1.38. The molecule has 1 saturated heterocycles. The third-order valence-electron chi connectivity index (χ3n) is 4.30. The molecule has 1 fully saturated rings. The van der Waals surface area contributed by atoms with Crippen LogP contribution in [-0.4, -0.2) is 57.0 Å². The number of methoxy groups -OCH3 is 1. The van der Waals surface area contributed by atoms with Crippen molar-refractivity contribution in [1.82, 2.24) is 0 Å². The average Bonchev–Trinajstić information content (AvgIpc) is 2.73. The fourth-order valence-electron chi connectivity index (χ4n) is 2.83.